The Kier molecular flexibility index (Phi) is 3.43. The summed E-state index contributed by atoms with van der Waals surface area (Å²) in [5.41, 5.74) is 6.75. The predicted octanol–water partition coefficient (Wildman–Crippen LogP) is 1.56. The van der Waals surface area contributed by atoms with E-state index in [2.05, 4.69) is 0 Å². The number of anilines is 2. The van der Waals surface area contributed by atoms with Crippen LogP contribution in [0.2, 0.25) is 0 Å². The van der Waals surface area contributed by atoms with E-state index >= 15 is 0 Å². The summed E-state index contributed by atoms with van der Waals surface area (Å²) >= 11 is 5.74. The molecular weight excluding hydrogens is 256 g/mol. The average Bonchev–Trinajstić information content (AvgIpc) is 2.71. The number of hydrogen-bond acceptors (Lipinski definition) is 3. The molecular formula is C12H13ClN2O3. The number of halogens is 1. The molecule has 2 rings (SSSR count). The summed E-state index contributed by atoms with van der Waals surface area (Å²) in [5.74, 6) is -0.625. The molecule has 0 radical (unpaired) electrons. The van der Waals surface area contributed by atoms with Gasteiger partial charge in [0.15, 0.2) is 0 Å². The molecule has 1 amide bonds. The number of nitrogens with zero attached hydrogens (tertiary/aromatic N) is 1. The van der Waals surface area contributed by atoms with Gasteiger partial charge in [0.25, 0.3) is 0 Å². The summed E-state index contributed by atoms with van der Waals surface area (Å²) in [5, 5.41) is 8.94. The highest BCUT2D eigenvalue weighted by Crippen LogP contribution is 2.31. The molecule has 0 aromatic heterocycles. The van der Waals surface area contributed by atoms with Gasteiger partial charge in [0.05, 0.1) is 16.9 Å². The van der Waals surface area contributed by atoms with E-state index in [-0.39, 0.29) is 17.4 Å². The first kappa shape index (κ1) is 12.7. The molecule has 1 heterocycles. The highest BCUT2D eigenvalue weighted by atomic mass is 35.5. The lowest BCUT2D eigenvalue weighted by Crippen LogP contribution is -2.26. The maximum absolute atomic E-state index is 11.8. The van der Waals surface area contributed by atoms with Gasteiger partial charge < -0.3 is 15.7 Å². The SMILES string of the molecule is Nc1ccc(C(=O)O)cc1N1CC(CCl)CC1=O. The van der Waals surface area contributed by atoms with Crippen LogP contribution in [0.4, 0.5) is 11.4 Å². The number of nitrogen functional groups attached to an aromatic ring is 1. The zero-order valence-electron chi connectivity index (χ0n) is 9.60. The lowest BCUT2D eigenvalue weighted by molar-refractivity contribution is -0.117. The number of aromatic carboxylic acids is 1. The molecule has 96 valence electrons. The van der Waals surface area contributed by atoms with Crippen molar-refractivity contribution in [1.29, 1.82) is 0 Å². The standard InChI is InChI=1S/C12H13ClN2O3/c13-5-7-3-11(16)15(6-7)10-4-8(12(17)18)1-2-9(10)14/h1-2,4,7H,3,5-6,14H2,(H,17,18). The number of rotatable bonds is 3. The summed E-state index contributed by atoms with van der Waals surface area (Å²) in [6.07, 6.45) is 0.375. The summed E-state index contributed by atoms with van der Waals surface area (Å²) in [6, 6.07) is 4.34. The van der Waals surface area contributed by atoms with Gasteiger partial charge in [0.1, 0.15) is 0 Å². The molecule has 1 fully saturated rings. The van der Waals surface area contributed by atoms with E-state index < -0.39 is 5.97 Å². The van der Waals surface area contributed by atoms with E-state index in [1.54, 1.807) is 0 Å². The van der Waals surface area contributed by atoms with Gasteiger partial charge in [0, 0.05) is 18.8 Å². The second-order valence-electron chi connectivity index (χ2n) is 4.31. The first-order valence-corrected chi connectivity index (χ1v) is 6.05. The zero-order chi connectivity index (χ0) is 13.3. The smallest absolute Gasteiger partial charge is 0.335 e. The third-order valence-electron chi connectivity index (χ3n) is 2.99. The fourth-order valence-corrected chi connectivity index (χ4v) is 2.23. The lowest BCUT2D eigenvalue weighted by Gasteiger charge is -2.19. The summed E-state index contributed by atoms with van der Waals surface area (Å²) < 4.78 is 0. The van der Waals surface area contributed by atoms with Crippen LogP contribution in [-0.2, 0) is 4.79 Å². The molecule has 1 aliphatic rings. The summed E-state index contributed by atoms with van der Waals surface area (Å²) in [4.78, 5) is 24.3. The van der Waals surface area contributed by atoms with E-state index in [0.717, 1.165) is 0 Å². The van der Waals surface area contributed by atoms with E-state index in [9.17, 15) is 9.59 Å². The first-order valence-electron chi connectivity index (χ1n) is 5.52. The van der Waals surface area contributed by atoms with Gasteiger partial charge in [-0.2, -0.15) is 0 Å². The normalized spacial score (nSPS) is 19.3. The van der Waals surface area contributed by atoms with Gasteiger partial charge >= 0.3 is 5.97 Å². The Hall–Kier alpha value is -1.75. The van der Waals surface area contributed by atoms with Crippen LogP contribution >= 0.6 is 11.6 Å². The molecule has 18 heavy (non-hydrogen) atoms. The van der Waals surface area contributed by atoms with Gasteiger partial charge in [0.2, 0.25) is 5.91 Å². The monoisotopic (exact) mass is 268 g/mol. The molecule has 1 unspecified atom stereocenters. The molecule has 1 aliphatic heterocycles. The minimum absolute atomic E-state index is 0.0742. The van der Waals surface area contributed by atoms with Gasteiger partial charge in [-0.05, 0) is 24.1 Å². The first-order chi connectivity index (χ1) is 8.52. The number of carbonyl (C=O) groups is 2. The Morgan fingerprint density at radius 1 is 1.56 bits per heavy atom. The molecule has 0 aliphatic carbocycles. The fourth-order valence-electron chi connectivity index (χ4n) is 2.03. The molecule has 5 nitrogen and oxygen atoms in total. The van der Waals surface area contributed by atoms with Gasteiger partial charge in [-0.1, -0.05) is 0 Å². The molecule has 6 heteroatoms. The van der Waals surface area contributed by atoms with Crippen LogP contribution in [0.15, 0.2) is 18.2 Å². The largest absolute Gasteiger partial charge is 0.478 e. The van der Waals surface area contributed by atoms with Crippen LogP contribution in [0.5, 0.6) is 0 Å². The molecule has 1 atom stereocenters. The maximum Gasteiger partial charge on any atom is 0.335 e. The van der Waals surface area contributed by atoms with Crippen molar-refractivity contribution in [2.45, 2.75) is 6.42 Å². The second-order valence-corrected chi connectivity index (χ2v) is 4.62. The van der Waals surface area contributed by atoms with Crippen molar-refractivity contribution in [3.63, 3.8) is 0 Å². The van der Waals surface area contributed by atoms with E-state index in [1.807, 2.05) is 0 Å². The molecule has 3 N–H and O–H groups in total. The quantitative estimate of drug-likeness (QED) is 0.644. The van der Waals surface area contributed by atoms with Crippen molar-refractivity contribution < 1.29 is 14.7 Å². The Morgan fingerprint density at radius 3 is 2.83 bits per heavy atom. The number of amides is 1. The minimum atomic E-state index is -1.04. The number of benzene rings is 1. The number of carboxylic acids is 1. The third kappa shape index (κ3) is 2.26. The van der Waals surface area contributed by atoms with E-state index in [1.165, 1.54) is 23.1 Å². The zero-order valence-corrected chi connectivity index (χ0v) is 10.4. The fraction of sp³-hybridized carbons (Fsp3) is 0.333. The van der Waals surface area contributed by atoms with Crippen LogP contribution in [0, 0.1) is 5.92 Å². The van der Waals surface area contributed by atoms with Crippen LogP contribution < -0.4 is 10.6 Å². The van der Waals surface area contributed by atoms with E-state index in [4.69, 9.17) is 22.4 Å². The molecule has 0 spiro atoms. The Bertz CT molecular complexity index is 504. The minimum Gasteiger partial charge on any atom is -0.478 e. The van der Waals surface area contributed by atoms with Crippen molar-refractivity contribution in [1.82, 2.24) is 0 Å². The third-order valence-corrected chi connectivity index (χ3v) is 3.43. The van der Waals surface area contributed by atoms with Crippen LogP contribution in [0.3, 0.4) is 0 Å². The number of nitrogens with two attached hydrogens (primary N) is 1. The Morgan fingerprint density at radius 2 is 2.28 bits per heavy atom. The summed E-state index contributed by atoms with van der Waals surface area (Å²) in [7, 11) is 0. The topological polar surface area (TPSA) is 83.6 Å². The van der Waals surface area contributed by atoms with Crippen LogP contribution in [0.25, 0.3) is 0 Å². The molecule has 0 bridgehead atoms. The summed E-state index contributed by atoms with van der Waals surface area (Å²) in [6.45, 7) is 0.482. The van der Waals surface area contributed by atoms with Crippen molar-refractivity contribution in [2.24, 2.45) is 5.92 Å². The van der Waals surface area contributed by atoms with Crippen molar-refractivity contribution >= 4 is 34.9 Å². The van der Waals surface area contributed by atoms with Crippen molar-refractivity contribution in [3.05, 3.63) is 23.8 Å². The Balaban J connectivity index is 2.35. The Labute approximate surface area is 109 Å². The molecule has 1 aromatic rings. The lowest BCUT2D eigenvalue weighted by atomic mass is 10.1. The van der Waals surface area contributed by atoms with Crippen LogP contribution in [-0.4, -0.2) is 29.4 Å². The average molecular weight is 269 g/mol. The highest BCUT2D eigenvalue weighted by Gasteiger charge is 2.31. The molecule has 1 aromatic carbocycles. The van der Waals surface area contributed by atoms with Gasteiger partial charge in [-0.3, -0.25) is 4.79 Å². The predicted molar refractivity (Wildman–Crippen MR) is 69.0 cm³/mol. The van der Waals surface area contributed by atoms with Crippen molar-refractivity contribution in [2.75, 3.05) is 23.1 Å². The highest BCUT2D eigenvalue weighted by molar-refractivity contribution is 6.18. The van der Waals surface area contributed by atoms with Gasteiger partial charge in [-0.15, -0.1) is 11.6 Å². The van der Waals surface area contributed by atoms with Crippen LogP contribution in [0.1, 0.15) is 16.8 Å². The van der Waals surface area contributed by atoms with Crippen molar-refractivity contribution in [3.8, 4) is 0 Å². The number of carbonyl (C=O) groups excluding carboxylic acids is 1. The molecule has 1 saturated heterocycles. The number of carboxylic acid groups (broad SMARTS) is 1. The van der Waals surface area contributed by atoms with Gasteiger partial charge in [-0.25, -0.2) is 4.79 Å². The molecule has 0 saturated carbocycles. The maximum atomic E-state index is 11.8. The number of alkyl halides is 1. The number of hydrogen-bond donors (Lipinski definition) is 2. The van der Waals surface area contributed by atoms with E-state index in [0.29, 0.717) is 30.2 Å². The second kappa shape index (κ2) is 4.86.